The molecule has 1 aromatic heterocycles. The van der Waals surface area contributed by atoms with Gasteiger partial charge in [-0.1, -0.05) is 30.3 Å². The summed E-state index contributed by atoms with van der Waals surface area (Å²) in [6.45, 7) is 6.02. The van der Waals surface area contributed by atoms with Crippen molar-refractivity contribution >= 4 is 21.4 Å². The molecule has 0 aliphatic heterocycles. The SMILES string of the molecule is Cc1cc(C)c(S(=O)(=O)NCc2ccccc2-c2ccsc2)cc1C. The molecule has 0 radical (unpaired) electrons. The molecule has 1 N–H and O–H groups in total. The highest BCUT2D eigenvalue weighted by Crippen LogP contribution is 2.26. The van der Waals surface area contributed by atoms with Crippen LogP contribution < -0.4 is 4.72 Å². The van der Waals surface area contributed by atoms with Gasteiger partial charge in [-0.2, -0.15) is 11.3 Å². The lowest BCUT2D eigenvalue weighted by Crippen LogP contribution is -2.24. The quantitative estimate of drug-likeness (QED) is 0.699. The van der Waals surface area contributed by atoms with Crippen molar-refractivity contribution in [3.05, 3.63) is 75.5 Å². The molecule has 3 rings (SSSR count). The molecule has 0 unspecified atom stereocenters. The number of nitrogens with one attached hydrogen (secondary N) is 1. The summed E-state index contributed by atoms with van der Waals surface area (Å²) < 4.78 is 28.3. The van der Waals surface area contributed by atoms with Crippen LogP contribution >= 0.6 is 11.3 Å². The third-order valence-electron chi connectivity index (χ3n) is 4.38. The Kier molecular flexibility index (Phi) is 5.08. The Labute approximate surface area is 153 Å². The Balaban J connectivity index is 1.88. The van der Waals surface area contributed by atoms with Crippen molar-refractivity contribution in [2.24, 2.45) is 0 Å². The van der Waals surface area contributed by atoms with Crippen LogP contribution in [0.3, 0.4) is 0 Å². The molecule has 0 amide bonds. The molecule has 0 aliphatic rings. The Morgan fingerprint density at radius 2 is 1.68 bits per heavy atom. The third-order valence-corrected chi connectivity index (χ3v) is 6.61. The first-order valence-corrected chi connectivity index (χ1v) is 10.5. The fourth-order valence-electron chi connectivity index (χ4n) is 2.85. The summed E-state index contributed by atoms with van der Waals surface area (Å²) >= 11 is 1.63. The van der Waals surface area contributed by atoms with E-state index in [4.69, 9.17) is 0 Å². The molecule has 5 heteroatoms. The van der Waals surface area contributed by atoms with Gasteiger partial charge in [0.2, 0.25) is 10.0 Å². The van der Waals surface area contributed by atoms with Gasteiger partial charge in [-0.15, -0.1) is 0 Å². The van der Waals surface area contributed by atoms with Crippen LogP contribution in [0.15, 0.2) is 58.1 Å². The summed E-state index contributed by atoms with van der Waals surface area (Å²) in [5, 5.41) is 4.09. The van der Waals surface area contributed by atoms with Crippen molar-refractivity contribution < 1.29 is 8.42 Å². The zero-order chi connectivity index (χ0) is 18.0. The van der Waals surface area contributed by atoms with E-state index < -0.39 is 10.0 Å². The van der Waals surface area contributed by atoms with Crippen LogP contribution in [0.5, 0.6) is 0 Å². The van der Waals surface area contributed by atoms with Crippen LogP contribution in [0.1, 0.15) is 22.3 Å². The normalized spacial score (nSPS) is 11.6. The number of benzene rings is 2. The minimum atomic E-state index is -3.56. The van der Waals surface area contributed by atoms with E-state index in [1.807, 2.05) is 62.5 Å². The first kappa shape index (κ1) is 17.9. The average Bonchev–Trinajstić information content (AvgIpc) is 3.11. The first-order chi connectivity index (χ1) is 11.9. The minimum absolute atomic E-state index is 0.265. The molecule has 0 fully saturated rings. The molecular formula is C20H21NO2S2. The van der Waals surface area contributed by atoms with Gasteiger partial charge < -0.3 is 0 Å². The minimum Gasteiger partial charge on any atom is -0.207 e. The summed E-state index contributed by atoms with van der Waals surface area (Å²) in [4.78, 5) is 0.351. The highest BCUT2D eigenvalue weighted by Gasteiger charge is 2.18. The maximum absolute atomic E-state index is 12.8. The van der Waals surface area contributed by atoms with Crippen LogP contribution in [0.25, 0.3) is 11.1 Å². The summed E-state index contributed by atoms with van der Waals surface area (Å²) in [5.74, 6) is 0. The van der Waals surface area contributed by atoms with Gasteiger partial charge in [0, 0.05) is 6.54 Å². The van der Waals surface area contributed by atoms with E-state index >= 15 is 0 Å². The average molecular weight is 372 g/mol. The number of hydrogen-bond acceptors (Lipinski definition) is 3. The van der Waals surface area contributed by atoms with Crippen LogP contribution in [0.2, 0.25) is 0 Å². The second-order valence-corrected chi connectivity index (χ2v) is 8.71. The number of thiophene rings is 1. The highest BCUT2D eigenvalue weighted by molar-refractivity contribution is 7.89. The van der Waals surface area contributed by atoms with Crippen LogP contribution in [0.4, 0.5) is 0 Å². The molecule has 0 atom stereocenters. The van der Waals surface area contributed by atoms with Crippen molar-refractivity contribution in [3.8, 4) is 11.1 Å². The number of aryl methyl sites for hydroxylation is 3. The van der Waals surface area contributed by atoms with Gasteiger partial charge in [0.05, 0.1) is 4.90 Å². The predicted molar refractivity (Wildman–Crippen MR) is 104 cm³/mol. The van der Waals surface area contributed by atoms with E-state index in [1.165, 1.54) is 0 Å². The molecule has 3 nitrogen and oxygen atoms in total. The summed E-state index contributed by atoms with van der Waals surface area (Å²) in [5.41, 5.74) is 5.97. The van der Waals surface area contributed by atoms with Crippen molar-refractivity contribution in [3.63, 3.8) is 0 Å². The molecule has 0 bridgehead atoms. The maximum Gasteiger partial charge on any atom is 0.241 e. The van der Waals surface area contributed by atoms with E-state index in [0.717, 1.165) is 33.4 Å². The molecule has 25 heavy (non-hydrogen) atoms. The van der Waals surface area contributed by atoms with Gasteiger partial charge >= 0.3 is 0 Å². The molecule has 0 saturated carbocycles. The Morgan fingerprint density at radius 3 is 2.40 bits per heavy atom. The van der Waals surface area contributed by atoms with Gasteiger partial charge in [0.1, 0.15) is 0 Å². The fraction of sp³-hybridized carbons (Fsp3) is 0.200. The molecule has 3 aromatic rings. The maximum atomic E-state index is 12.8. The van der Waals surface area contributed by atoms with Crippen LogP contribution in [-0.4, -0.2) is 8.42 Å². The van der Waals surface area contributed by atoms with E-state index in [-0.39, 0.29) is 6.54 Å². The standard InChI is InChI=1S/C20H21NO2S2/c1-14-10-16(3)20(11-15(14)2)25(22,23)21-12-17-6-4-5-7-19(17)18-8-9-24-13-18/h4-11,13,21H,12H2,1-3H3. The highest BCUT2D eigenvalue weighted by atomic mass is 32.2. The second kappa shape index (κ2) is 7.12. The van der Waals surface area contributed by atoms with Crippen LogP contribution in [0, 0.1) is 20.8 Å². The Hall–Kier alpha value is -1.95. The second-order valence-electron chi connectivity index (χ2n) is 6.20. The molecule has 130 valence electrons. The molecule has 0 aliphatic carbocycles. The van der Waals surface area contributed by atoms with Crippen molar-refractivity contribution in [1.82, 2.24) is 4.72 Å². The lowest BCUT2D eigenvalue weighted by molar-refractivity contribution is 0.580. The van der Waals surface area contributed by atoms with Gasteiger partial charge in [-0.25, -0.2) is 13.1 Å². The first-order valence-electron chi connectivity index (χ1n) is 8.06. The van der Waals surface area contributed by atoms with Gasteiger partial charge in [-0.3, -0.25) is 0 Å². The van der Waals surface area contributed by atoms with Crippen molar-refractivity contribution in [1.29, 1.82) is 0 Å². The molecule has 0 saturated heterocycles. The molecule has 0 spiro atoms. The van der Waals surface area contributed by atoms with Gasteiger partial charge in [0.25, 0.3) is 0 Å². The van der Waals surface area contributed by atoms with Crippen LogP contribution in [-0.2, 0) is 16.6 Å². The Bertz CT molecular complexity index is 991. The number of sulfonamides is 1. The van der Waals surface area contributed by atoms with E-state index in [2.05, 4.69) is 10.1 Å². The van der Waals surface area contributed by atoms with Gasteiger partial charge in [-0.05, 0) is 77.0 Å². The summed E-state index contributed by atoms with van der Waals surface area (Å²) in [6.07, 6.45) is 0. The third kappa shape index (κ3) is 3.84. The summed E-state index contributed by atoms with van der Waals surface area (Å²) in [6, 6.07) is 13.6. The number of rotatable bonds is 5. The fourth-order valence-corrected chi connectivity index (χ4v) is 4.82. The topological polar surface area (TPSA) is 46.2 Å². The lowest BCUT2D eigenvalue weighted by Gasteiger charge is -2.13. The molecule has 2 aromatic carbocycles. The smallest absolute Gasteiger partial charge is 0.207 e. The van der Waals surface area contributed by atoms with E-state index in [0.29, 0.717) is 4.90 Å². The van der Waals surface area contributed by atoms with Gasteiger partial charge in [0.15, 0.2) is 0 Å². The van der Waals surface area contributed by atoms with Crippen molar-refractivity contribution in [2.45, 2.75) is 32.2 Å². The zero-order valence-electron chi connectivity index (χ0n) is 14.5. The largest absolute Gasteiger partial charge is 0.241 e. The van der Waals surface area contributed by atoms with Crippen molar-refractivity contribution in [2.75, 3.05) is 0 Å². The lowest BCUT2D eigenvalue weighted by atomic mass is 10.0. The summed E-state index contributed by atoms with van der Waals surface area (Å²) in [7, 11) is -3.56. The number of hydrogen-bond donors (Lipinski definition) is 1. The van der Waals surface area contributed by atoms with E-state index in [1.54, 1.807) is 17.4 Å². The Morgan fingerprint density at radius 1 is 0.960 bits per heavy atom. The molecule has 1 heterocycles. The molecular weight excluding hydrogens is 350 g/mol. The van der Waals surface area contributed by atoms with E-state index in [9.17, 15) is 8.42 Å². The monoisotopic (exact) mass is 371 g/mol. The zero-order valence-corrected chi connectivity index (χ0v) is 16.2. The predicted octanol–water partition coefficient (Wildman–Crippen LogP) is 4.82.